The average molecular weight is 332 g/mol. The van der Waals surface area contributed by atoms with Gasteiger partial charge < -0.3 is 15.3 Å². The number of hydrogen-bond acceptors (Lipinski definition) is 3. The second-order valence-corrected chi connectivity index (χ2v) is 6.11. The van der Waals surface area contributed by atoms with Crippen molar-refractivity contribution in [2.75, 3.05) is 6.54 Å². The normalized spacial score (nSPS) is 18.7. The lowest BCUT2D eigenvalue weighted by atomic mass is 10.0. The Kier molecular flexibility index (Phi) is 5.95. The number of carbonyl (C=O) groups is 3. The van der Waals surface area contributed by atoms with E-state index in [2.05, 4.69) is 5.32 Å². The Labute approximate surface area is 141 Å². The Hall–Kier alpha value is -2.37. The highest BCUT2D eigenvalue weighted by molar-refractivity contribution is 5.91. The standard InChI is InChI=1S/C18H24N2O4/c1-3-14(4-2)20-11-13(10-15(20)21)17(22)19-16(18(23)24)12-8-6-5-7-9-12/h5-9,13-14,16H,3-4,10-11H2,1-2H3,(H,19,22)(H,23,24)/t13?,16-/m0/s1. The van der Waals surface area contributed by atoms with Gasteiger partial charge in [-0.3, -0.25) is 9.59 Å². The third kappa shape index (κ3) is 3.93. The predicted octanol–water partition coefficient (Wildman–Crippen LogP) is 1.97. The Morgan fingerprint density at radius 2 is 1.88 bits per heavy atom. The summed E-state index contributed by atoms with van der Waals surface area (Å²) in [4.78, 5) is 37.9. The summed E-state index contributed by atoms with van der Waals surface area (Å²) in [6.45, 7) is 4.40. The Bertz CT molecular complexity index is 598. The van der Waals surface area contributed by atoms with Gasteiger partial charge in [0.15, 0.2) is 6.04 Å². The Morgan fingerprint density at radius 3 is 2.42 bits per heavy atom. The zero-order valence-corrected chi connectivity index (χ0v) is 14.1. The van der Waals surface area contributed by atoms with Gasteiger partial charge in [-0.1, -0.05) is 44.2 Å². The molecule has 0 aliphatic carbocycles. The number of likely N-dealkylation sites (tertiary alicyclic amines) is 1. The lowest BCUT2D eigenvalue weighted by molar-refractivity contribution is -0.142. The number of hydrogen-bond donors (Lipinski definition) is 2. The van der Waals surface area contributed by atoms with Crippen LogP contribution >= 0.6 is 0 Å². The van der Waals surface area contributed by atoms with E-state index in [0.717, 1.165) is 12.8 Å². The molecule has 1 fully saturated rings. The molecule has 2 amide bonds. The van der Waals surface area contributed by atoms with Crippen LogP contribution in [0.3, 0.4) is 0 Å². The summed E-state index contributed by atoms with van der Waals surface area (Å²) >= 11 is 0. The summed E-state index contributed by atoms with van der Waals surface area (Å²) in [6.07, 6.45) is 1.83. The van der Waals surface area contributed by atoms with Gasteiger partial charge in [-0.15, -0.1) is 0 Å². The maximum atomic E-state index is 12.5. The quantitative estimate of drug-likeness (QED) is 0.799. The molecule has 24 heavy (non-hydrogen) atoms. The van der Waals surface area contributed by atoms with Crippen LogP contribution in [0.15, 0.2) is 30.3 Å². The summed E-state index contributed by atoms with van der Waals surface area (Å²) in [5.41, 5.74) is 0.513. The van der Waals surface area contributed by atoms with Crippen molar-refractivity contribution in [1.29, 1.82) is 0 Å². The molecule has 0 radical (unpaired) electrons. The van der Waals surface area contributed by atoms with Gasteiger partial charge in [-0.25, -0.2) is 4.79 Å². The van der Waals surface area contributed by atoms with Crippen molar-refractivity contribution in [2.24, 2.45) is 5.92 Å². The molecule has 0 saturated carbocycles. The Morgan fingerprint density at radius 1 is 1.25 bits per heavy atom. The molecule has 1 aromatic carbocycles. The van der Waals surface area contributed by atoms with Crippen LogP contribution in [-0.4, -0.2) is 40.4 Å². The number of nitrogens with one attached hydrogen (secondary N) is 1. The van der Waals surface area contributed by atoms with E-state index >= 15 is 0 Å². The van der Waals surface area contributed by atoms with Crippen molar-refractivity contribution in [1.82, 2.24) is 10.2 Å². The molecule has 2 N–H and O–H groups in total. The minimum atomic E-state index is -1.12. The fraction of sp³-hybridized carbons (Fsp3) is 0.500. The van der Waals surface area contributed by atoms with Crippen molar-refractivity contribution < 1.29 is 19.5 Å². The first-order valence-electron chi connectivity index (χ1n) is 8.35. The van der Waals surface area contributed by atoms with E-state index in [0.29, 0.717) is 12.1 Å². The van der Waals surface area contributed by atoms with E-state index in [1.807, 2.05) is 13.8 Å². The van der Waals surface area contributed by atoms with Crippen LogP contribution in [0.4, 0.5) is 0 Å². The van der Waals surface area contributed by atoms with Gasteiger partial charge in [0.25, 0.3) is 0 Å². The molecule has 1 saturated heterocycles. The van der Waals surface area contributed by atoms with Crippen LogP contribution in [0, 0.1) is 5.92 Å². The van der Waals surface area contributed by atoms with Crippen molar-refractivity contribution >= 4 is 17.8 Å². The lowest BCUT2D eigenvalue weighted by Gasteiger charge is -2.26. The van der Waals surface area contributed by atoms with Gasteiger partial charge in [0, 0.05) is 19.0 Å². The van der Waals surface area contributed by atoms with Crippen molar-refractivity contribution in [3.63, 3.8) is 0 Å². The molecule has 1 aliphatic heterocycles. The molecular formula is C18H24N2O4. The van der Waals surface area contributed by atoms with Crippen LogP contribution in [-0.2, 0) is 14.4 Å². The van der Waals surface area contributed by atoms with E-state index in [4.69, 9.17) is 0 Å². The van der Waals surface area contributed by atoms with Crippen molar-refractivity contribution in [3.8, 4) is 0 Å². The van der Waals surface area contributed by atoms with E-state index < -0.39 is 17.9 Å². The molecule has 2 atom stereocenters. The predicted molar refractivity (Wildman–Crippen MR) is 89.2 cm³/mol. The summed E-state index contributed by atoms with van der Waals surface area (Å²) in [5.74, 6) is -2.03. The van der Waals surface area contributed by atoms with Gasteiger partial charge in [0.1, 0.15) is 0 Å². The second kappa shape index (κ2) is 7.95. The van der Waals surface area contributed by atoms with Gasteiger partial charge >= 0.3 is 5.97 Å². The van der Waals surface area contributed by atoms with Crippen molar-refractivity contribution in [2.45, 2.75) is 45.2 Å². The summed E-state index contributed by atoms with van der Waals surface area (Å²) in [6, 6.07) is 7.60. The first-order valence-corrected chi connectivity index (χ1v) is 8.35. The molecule has 2 rings (SSSR count). The molecule has 0 spiro atoms. The van der Waals surface area contributed by atoms with E-state index in [-0.39, 0.29) is 24.3 Å². The number of nitrogens with zero attached hydrogens (tertiary/aromatic N) is 1. The van der Waals surface area contributed by atoms with Crippen LogP contribution in [0.5, 0.6) is 0 Å². The molecule has 0 aromatic heterocycles. The number of aliphatic carboxylic acids is 1. The molecule has 1 unspecified atom stereocenters. The number of carbonyl (C=O) groups excluding carboxylic acids is 2. The smallest absolute Gasteiger partial charge is 0.330 e. The molecule has 1 heterocycles. The maximum Gasteiger partial charge on any atom is 0.330 e. The molecule has 1 aromatic rings. The number of carboxylic acid groups (broad SMARTS) is 1. The monoisotopic (exact) mass is 332 g/mol. The number of amides is 2. The molecule has 6 nitrogen and oxygen atoms in total. The van der Waals surface area contributed by atoms with Crippen LogP contribution in [0.25, 0.3) is 0 Å². The first-order chi connectivity index (χ1) is 11.5. The third-order valence-electron chi connectivity index (χ3n) is 4.58. The minimum absolute atomic E-state index is 0.0320. The van der Waals surface area contributed by atoms with Crippen molar-refractivity contribution in [3.05, 3.63) is 35.9 Å². The van der Waals surface area contributed by atoms with E-state index in [1.54, 1.807) is 35.2 Å². The molecule has 0 bridgehead atoms. The average Bonchev–Trinajstić information content (AvgIpc) is 2.96. The Balaban J connectivity index is 2.06. The van der Waals surface area contributed by atoms with Gasteiger partial charge in [-0.05, 0) is 18.4 Å². The van der Waals surface area contributed by atoms with Gasteiger partial charge in [-0.2, -0.15) is 0 Å². The van der Waals surface area contributed by atoms with Gasteiger partial charge in [0.05, 0.1) is 5.92 Å². The minimum Gasteiger partial charge on any atom is -0.479 e. The number of rotatable bonds is 7. The van der Waals surface area contributed by atoms with Crippen LogP contribution in [0.2, 0.25) is 0 Å². The van der Waals surface area contributed by atoms with Crippen LogP contribution in [0.1, 0.15) is 44.7 Å². The van der Waals surface area contributed by atoms with Crippen LogP contribution < -0.4 is 5.32 Å². The first kappa shape index (κ1) is 18.0. The summed E-state index contributed by atoms with van der Waals surface area (Å²) < 4.78 is 0. The molecule has 130 valence electrons. The lowest BCUT2D eigenvalue weighted by Crippen LogP contribution is -2.40. The fourth-order valence-corrected chi connectivity index (χ4v) is 3.18. The maximum absolute atomic E-state index is 12.5. The highest BCUT2D eigenvalue weighted by Gasteiger charge is 2.38. The SMILES string of the molecule is CCC(CC)N1CC(C(=O)N[C@H](C(=O)O)c2ccccc2)CC1=O. The van der Waals surface area contributed by atoms with E-state index in [9.17, 15) is 19.5 Å². The zero-order valence-electron chi connectivity index (χ0n) is 14.1. The zero-order chi connectivity index (χ0) is 17.7. The van der Waals surface area contributed by atoms with Gasteiger partial charge in [0.2, 0.25) is 11.8 Å². The third-order valence-corrected chi connectivity index (χ3v) is 4.58. The largest absolute Gasteiger partial charge is 0.479 e. The number of benzene rings is 1. The number of carboxylic acids is 1. The topological polar surface area (TPSA) is 86.7 Å². The summed E-state index contributed by atoms with van der Waals surface area (Å²) in [5, 5.41) is 12.0. The summed E-state index contributed by atoms with van der Waals surface area (Å²) in [7, 11) is 0. The second-order valence-electron chi connectivity index (χ2n) is 6.11. The highest BCUT2D eigenvalue weighted by atomic mass is 16.4. The molecular weight excluding hydrogens is 308 g/mol. The highest BCUT2D eigenvalue weighted by Crippen LogP contribution is 2.24. The molecule has 1 aliphatic rings. The fourth-order valence-electron chi connectivity index (χ4n) is 3.18. The molecule has 6 heteroatoms. The van der Waals surface area contributed by atoms with E-state index in [1.165, 1.54) is 0 Å².